The molecule has 154 valence electrons. The number of hydrogen-bond acceptors (Lipinski definition) is 6. The number of fused-ring (bicyclic) bond motifs is 1. The van der Waals surface area contributed by atoms with Crippen LogP contribution in [0.1, 0.15) is 12.6 Å². The summed E-state index contributed by atoms with van der Waals surface area (Å²) in [5.74, 6) is -0.483. The molecular weight excluding hydrogens is 445 g/mol. The Morgan fingerprint density at radius 1 is 1.30 bits per heavy atom. The molecule has 0 spiro atoms. The number of pyridine rings is 2. The molecule has 0 radical (unpaired) electrons. The summed E-state index contributed by atoms with van der Waals surface area (Å²) in [5, 5.41) is 8.74. The molecule has 0 aliphatic heterocycles. The molecule has 0 aliphatic rings. The highest BCUT2D eigenvalue weighted by atomic mass is 35.5. The van der Waals surface area contributed by atoms with Crippen molar-refractivity contribution in [2.75, 3.05) is 5.32 Å². The molecule has 3 heterocycles. The molecule has 10 heteroatoms. The largest absolute Gasteiger partial charge is 0.366 e. The average molecular weight is 462 g/mol. The van der Waals surface area contributed by atoms with Gasteiger partial charge in [-0.1, -0.05) is 22.9 Å². The first-order valence-electron chi connectivity index (χ1n) is 9.15. The normalized spacial score (nSPS) is 11.2. The first kappa shape index (κ1) is 20.6. The van der Waals surface area contributed by atoms with Crippen LogP contribution >= 0.6 is 35.2 Å². The topological polar surface area (TPSA) is 64.7 Å². The van der Waals surface area contributed by atoms with Crippen molar-refractivity contribution in [3.05, 3.63) is 67.2 Å². The van der Waals surface area contributed by atoms with Gasteiger partial charge < -0.3 is 9.88 Å². The number of rotatable bonds is 5. The monoisotopic (exact) mass is 461 g/mol. The van der Waals surface area contributed by atoms with Crippen molar-refractivity contribution in [3.8, 4) is 10.6 Å². The van der Waals surface area contributed by atoms with Gasteiger partial charge in [0.1, 0.15) is 18.1 Å². The lowest BCUT2D eigenvalue weighted by atomic mass is 10.2. The summed E-state index contributed by atoms with van der Waals surface area (Å²) in [5.41, 5.74) is 2.50. The molecule has 6 nitrogen and oxygen atoms in total. The van der Waals surface area contributed by atoms with Gasteiger partial charge in [-0.25, -0.2) is 14.1 Å². The lowest BCUT2D eigenvalue weighted by Crippen LogP contribution is -2.14. The smallest absolute Gasteiger partial charge is 0.201 e. The molecule has 0 saturated carbocycles. The first-order valence-corrected chi connectivity index (χ1v) is 10.8. The van der Waals surface area contributed by atoms with Crippen LogP contribution in [0, 0.1) is 16.7 Å². The second-order valence-electron chi connectivity index (χ2n) is 6.62. The summed E-state index contributed by atoms with van der Waals surface area (Å²) in [7, 11) is 0. The van der Waals surface area contributed by atoms with E-state index in [4.69, 9.17) is 23.8 Å². The van der Waals surface area contributed by atoms with E-state index in [-0.39, 0.29) is 17.1 Å². The Kier molecular flexibility index (Phi) is 5.68. The Labute approximate surface area is 185 Å². The third kappa shape index (κ3) is 3.88. The number of aryl methyl sites for hydroxylation is 2. The quantitative estimate of drug-likeness (QED) is 0.412. The van der Waals surface area contributed by atoms with E-state index in [9.17, 15) is 9.18 Å². The zero-order valence-corrected chi connectivity index (χ0v) is 18.5. The fraction of sp³-hybridized carbons (Fsp3) is 0.200. The zero-order valence-electron chi connectivity index (χ0n) is 16.1. The SMILES string of the molecule is CCn1cc(-c2nn(CNc3ccc(F)c(Cl)c3)c(=S)s2)c(=O)c2ccc(C)nc21. The van der Waals surface area contributed by atoms with Crippen LogP contribution in [0.5, 0.6) is 0 Å². The highest BCUT2D eigenvalue weighted by Gasteiger charge is 2.15. The first-order chi connectivity index (χ1) is 14.4. The Morgan fingerprint density at radius 3 is 2.83 bits per heavy atom. The maximum absolute atomic E-state index is 13.3. The molecule has 0 bridgehead atoms. The van der Waals surface area contributed by atoms with Gasteiger partial charge in [0.25, 0.3) is 0 Å². The molecule has 0 amide bonds. The van der Waals surface area contributed by atoms with E-state index in [0.717, 1.165) is 5.69 Å². The Balaban J connectivity index is 1.70. The molecule has 0 saturated heterocycles. The Bertz CT molecular complexity index is 1380. The summed E-state index contributed by atoms with van der Waals surface area (Å²) in [4.78, 5) is 17.6. The molecule has 30 heavy (non-hydrogen) atoms. The van der Waals surface area contributed by atoms with E-state index in [1.165, 1.54) is 23.5 Å². The molecule has 0 atom stereocenters. The number of anilines is 1. The van der Waals surface area contributed by atoms with Gasteiger partial charge in [0, 0.05) is 24.1 Å². The summed E-state index contributed by atoms with van der Waals surface area (Å²) >= 11 is 12.5. The van der Waals surface area contributed by atoms with E-state index in [1.54, 1.807) is 23.0 Å². The number of nitrogens with zero attached hydrogens (tertiary/aromatic N) is 4. The van der Waals surface area contributed by atoms with Crippen molar-refractivity contribution in [1.29, 1.82) is 0 Å². The predicted molar refractivity (Wildman–Crippen MR) is 121 cm³/mol. The van der Waals surface area contributed by atoms with Gasteiger partial charge in [-0.15, -0.1) is 0 Å². The molecule has 4 aromatic rings. The number of nitrogens with one attached hydrogen (secondary N) is 1. The van der Waals surface area contributed by atoms with Gasteiger partial charge in [0.05, 0.1) is 16.0 Å². The molecule has 0 aliphatic carbocycles. The average Bonchev–Trinajstić information content (AvgIpc) is 3.09. The van der Waals surface area contributed by atoms with E-state index >= 15 is 0 Å². The number of hydrogen-bond donors (Lipinski definition) is 1. The number of benzene rings is 1. The summed E-state index contributed by atoms with van der Waals surface area (Å²) in [6.45, 7) is 4.81. The fourth-order valence-electron chi connectivity index (χ4n) is 3.04. The van der Waals surface area contributed by atoms with Crippen LogP contribution in [0.4, 0.5) is 10.1 Å². The van der Waals surface area contributed by atoms with Crippen LogP contribution in [0.2, 0.25) is 5.02 Å². The molecular formula is C20H17ClFN5OS2. The summed E-state index contributed by atoms with van der Waals surface area (Å²) in [6, 6.07) is 7.98. The van der Waals surface area contributed by atoms with Gasteiger partial charge >= 0.3 is 0 Å². The second-order valence-corrected chi connectivity index (χ2v) is 8.65. The lowest BCUT2D eigenvalue weighted by Gasteiger charge is -2.10. The van der Waals surface area contributed by atoms with Gasteiger partial charge in [0.2, 0.25) is 5.43 Å². The predicted octanol–water partition coefficient (Wildman–Crippen LogP) is 5.24. The molecule has 4 rings (SSSR count). The zero-order chi connectivity index (χ0) is 21.4. The highest BCUT2D eigenvalue weighted by Crippen LogP contribution is 2.24. The number of aromatic nitrogens is 4. The van der Waals surface area contributed by atoms with Crippen molar-refractivity contribution in [3.63, 3.8) is 0 Å². The Morgan fingerprint density at radius 2 is 2.10 bits per heavy atom. The maximum Gasteiger partial charge on any atom is 0.201 e. The summed E-state index contributed by atoms with van der Waals surface area (Å²) in [6.07, 6.45) is 1.78. The maximum atomic E-state index is 13.3. The minimum absolute atomic E-state index is 0.0303. The fourth-order valence-corrected chi connectivity index (χ4v) is 4.33. The van der Waals surface area contributed by atoms with Gasteiger partial charge in [-0.2, -0.15) is 5.10 Å². The molecule has 3 aromatic heterocycles. The summed E-state index contributed by atoms with van der Waals surface area (Å²) < 4.78 is 17.4. The number of halogens is 2. The van der Waals surface area contributed by atoms with Crippen LogP contribution in [-0.2, 0) is 13.2 Å². The third-order valence-corrected chi connectivity index (χ3v) is 6.22. The van der Waals surface area contributed by atoms with E-state index in [2.05, 4.69) is 15.4 Å². The third-order valence-electron chi connectivity index (χ3n) is 4.59. The van der Waals surface area contributed by atoms with Crippen LogP contribution in [0.25, 0.3) is 21.6 Å². The van der Waals surface area contributed by atoms with Crippen molar-refractivity contribution < 1.29 is 4.39 Å². The van der Waals surface area contributed by atoms with Crippen LogP contribution in [0.15, 0.2) is 41.3 Å². The van der Waals surface area contributed by atoms with E-state index in [0.29, 0.717) is 37.8 Å². The lowest BCUT2D eigenvalue weighted by molar-refractivity contribution is 0.627. The van der Waals surface area contributed by atoms with Crippen LogP contribution < -0.4 is 10.7 Å². The van der Waals surface area contributed by atoms with Crippen molar-refractivity contribution >= 4 is 51.9 Å². The van der Waals surface area contributed by atoms with Crippen molar-refractivity contribution in [2.45, 2.75) is 27.1 Å². The van der Waals surface area contributed by atoms with Gasteiger partial charge in [-0.05, 0) is 56.4 Å². The molecule has 1 aromatic carbocycles. The second kappa shape index (κ2) is 8.25. The molecule has 0 fully saturated rings. The molecule has 0 unspecified atom stereocenters. The van der Waals surface area contributed by atoms with Crippen molar-refractivity contribution in [2.24, 2.45) is 0 Å². The van der Waals surface area contributed by atoms with E-state index in [1.807, 2.05) is 24.5 Å². The van der Waals surface area contributed by atoms with Crippen LogP contribution in [-0.4, -0.2) is 19.3 Å². The van der Waals surface area contributed by atoms with E-state index < -0.39 is 5.82 Å². The minimum atomic E-state index is -0.483. The van der Waals surface area contributed by atoms with Gasteiger partial charge in [-0.3, -0.25) is 4.79 Å². The highest BCUT2D eigenvalue weighted by molar-refractivity contribution is 7.73. The minimum Gasteiger partial charge on any atom is -0.366 e. The van der Waals surface area contributed by atoms with Gasteiger partial charge in [0.15, 0.2) is 8.96 Å². The Hall–Kier alpha value is -2.62. The van der Waals surface area contributed by atoms with Crippen LogP contribution in [0.3, 0.4) is 0 Å². The molecule has 1 N–H and O–H groups in total. The standard InChI is InChI=1S/C20H17ClFN5OS2/c1-3-26-9-14(17(28)13-6-4-11(2)24-18(13)26)19-25-27(20(29)30-19)10-23-12-5-7-16(22)15(21)8-12/h4-9,23H,3,10H2,1-2H3. The van der Waals surface area contributed by atoms with Crippen molar-refractivity contribution in [1.82, 2.24) is 19.3 Å².